The summed E-state index contributed by atoms with van der Waals surface area (Å²) in [5.74, 6) is 2.29. The number of carbonyl (C=O) groups is 1. The van der Waals surface area contributed by atoms with E-state index in [4.69, 9.17) is 18.9 Å². The number of hydrogen-bond acceptors (Lipinski definition) is 5. The molecule has 0 unspecified atom stereocenters. The van der Waals surface area contributed by atoms with Crippen molar-refractivity contribution < 1.29 is 23.7 Å². The molecule has 0 bridgehead atoms. The maximum absolute atomic E-state index is 12.9. The van der Waals surface area contributed by atoms with Crippen LogP contribution in [0.1, 0.15) is 43.6 Å². The third-order valence-electron chi connectivity index (χ3n) is 3.84. The number of ether oxygens (including phenoxy) is 4. The zero-order valence-corrected chi connectivity index (χ0v) is 17.0. The van der Waals surface area contributed by atoms with Crippen molar-refractivity contribution in [3.8, 4) is 23.0 Å². The lowest BCUT2D eigenvalue weighted by molar-refractivity contribution is 0.104. The minimum absolute atomic E-state index is 0.172. The molecule has 0 aliphatic carbocycles. The summed E-state index contributed by atoms with van der Waals surface area (Å²) in [4.78, 5) is 12.9. The first-order chi connectivity index (χ1) is 13.6. The molecule has 150 valence electrons. The fraction of sp³-hybridized carbons (Fsp3) is 0.348. The minimum atomic E-state index is -0.172. The van der Waals surface area contributed by atoms with Gasteiger partial charge < -0.3 is 18.9 Å². The van der Waals surface area contributed by atoms with Crippen molar-refractivity contribution in [1.29, 1.82) is 0 Å². The average molecular weight is 384 g/mol. The Hall–Kier alpha value is -2.95. The Kier molecular flexibility index (Phi) is 8.40. The lowest BCUT2D eigenvalue weighted by atomic mass is 10.1. The van der Waals surface area contributed by atoms with Crippen LogP contribution in [0.15, 0.2) is 42.5 Å². The first kappa shape index (κ1) is 21.4. The van der Waals surface area contributed by atoms with E-state index >= 15 is 0 Å². The van der Waals surface area contributed by atoms with Crippen molar-refractivity contribution in [3.05, 3.63) is 53.6 Å². The Bertz CT molecular complexity index is 811. The van der Waals surface area contributed by atoms with Crippen LogP contribution in [0.3, 0.4) is 0 Å². The van der Waals surface area contributed by atoms with Gasteiger partial charge >= 0.3 is 0 Å². The predicted molar refractivity (Wildman–Crippen MR) is 111 cm³/mol. The number of rotatable bonds is 11. The standard InChI is InChI=1S/C23H28O5/c1-5-25-18-13-15-21(26-6-2)17(16-18)12-14-20(24)19-10-9-11-22(27-7-3)23(19)28-8-4/h9-16H,5-8H2,1-4H3. The van der Waals surface area contributed by atoms with Crippen LogP contribution in [0.25, 0.3) is 6.08 Å². The second-order valence-corrected chi connectivity index (χ2v) is 5.76. The molecule has 0 aliphatic rings. The molecule has 0 aliphatic heterocycles. The van der Waals surface area contributed by atoms with E-state index in [2.05, 4.69) is 0 Å². The van der Waals surface area contributed by atoms with Crippen molar-refractivity contribution in [3.63, 3.8) is 0 Å². The van der Waals surface area contributed by atoms with Gasteiger partial charge in [-0.1, -0.05) is 6.07 Å². The highest BCUT2D eigenvalue weighted by molar-refractivity contribution is 6.09. The summed E-state index contributed by atoms with van der Waals surface area (Å²) in [6.45, 7) is 9.66. The van der Waals surface area contributed by atoms with Gasteiger partial charge in [0, 0.05) is 5.56 Å². The van der Waals surface area contributed by atoms with E-state index in [-0.39, 0.29) is 5.78 Å². The summed E-state index contributed by atoms with van der Waals surface area (Å²) in [6.07, 6.45) is 3.25. The Labute approximate surface area is 166 Å². The largest absolute Gasteiger partial charge is 0.494 e. The summed E-state index contributed by atoms with van der Waals surface area (Å²) in [5.41, 5.74) is 1.24. The quantitative estimate of drug-likeness (QED) is 0.395. The zero-order valence-electron chi connectivity index (χ0n) is 17.0. The van der Waals surface area contributed by atoms with Gasteiger partial charge in [0.05, 0.1) is 32.0 Å². The molecule has 0 radical (unpaired) electrons. The summed E-state index contributed by atoms with van der Waals surface area (Å²) in [5, 5.41) is 0. The Morgan fingerprint density at radius 3 is 2.18 bits per heavy atom. The summed E-state index contributed by atoms with van der Waals surface area (Å²) in [7, 11) is 0. The predicted octanol–water partition coefficient (Wildman–Crippen LogP) is 5.18. The number of allylic oxidation sites excluding steroid dienone is 1. The second-order valence-electron chi connectivity index (χ2n) is 5.76. The lowest BCUT2D eigenvalue weighted by Crippen LogP contribution is -2.05. The van der Waals surface area contributed by atoms with Crippen molar-refractivity contribution in [2.24, 2.45) is 0 Å². The molecule has 2 rings (SSSR count). The van der Waals surface area contributed by atoms with Crippen LogP contribution in [-0.2, 0) is 0 Å². The van der Waals surface area contributed by atoms with Gasteiger partial charge in [-0.3, -0.25) is 4.79 Å². The van der Waals surface area contributed by atoms with Gasteiger partial charge in [-0.15, -0.1) is 0 Å². The highest BCUT2D eigenvalue weighted by Crippen LogP contribution is 2.32. The Balaban J connectivity index is 2.35. The number of ketones is 1. The van der Waals surface area contributed by atoms with Gasteiger partial charge in [0.25, 0.3) is 0 Å². The number of hydrogen-bond donors (Lipinski definition) is 0. The molecule has 0 atom stereocenters. The van der Waals surface area contributed by atoms with Crippen molar-refractivity contribution in [2.75, 3.05) is 26.4 Å². The summed E-state index contributed by atoms with van der Waals surface area (Å²) in [6, 6.07) is 10.9. The minimum Gasteiger partial charge on any atom is -0.494 e. The highest BCUT2D eigenvalue weighted by atomic mass is 16.5. The molecule has 0 fully saturated rings. The maximum atomic E-state index is 12.9. The average Bonchev–Trinajstić information content (AvgIpc) is 2.69. The first-order valence-corrected chi connectivity index (χ1v) is 9.65. The first-order valence-electron chi connectivity index (χ1n) is 9.65. The van der Waals surface area contributed by atoms with Crippen molar-refractivity contribution >= 4 is 11.9 Å². The third-order valence-corrected chi connectivity index (χ3v) is 3.84. The van der Waals surface area contributed by atoms with Gasteiger partial charge in [0.1, 0.15) is 11.5 Å². The third kappa shape index (κ3) is 5.52. The van der Waals surface area contributed by atoms with Crippen LogP contribution in [0.2, 0.25) is 0 Å². The summed E-state index contributed by atoms with van der Waals surface area (Å²) >= 11 is 0. The van der Waals surface area contributed by atoms with Crippen LogP contribution >= 0.6 is 0 Å². The SMILES string of the molecule is CCOc1ccc(OCC)c(C=CC(=O)c2cccc(OCC)c2OCC)c1. The van der Waals surface area contributed by atoms with E-state index in [1.807, 2.05) is 45.9 Å². The molecular weight excluding hydrogens is 356 g/mol. The molecule has 2 aromatic carbocycles. The molecule has 28 heavy (non-hydrogen) atoms. The van der Waals surface area contributed by atoms with Gasteiger partial charge in [-0.05, 0) is 70.2 Å². The van der Waals surface area contributed by atoms with Gasteiger partial charge in [0.2, 0.25) is 0 Å². The number of benzene rings is 2. The van der Waals surface area contributed by atoms with Gasteiger partial charge in [0.15, 0.2) is 17.3 Å². The zero-order chi connectivity index (χ0) is 20.4. The second kappa shape index (κ2) is 11.0. The van der Waals surface area contributed by atoms with Crippen LogP contribution in [0.5, 0.6) is 23.0 Å². The Morgan fingerprint density at radius 2 is 1.50 bits per heavy atom. The molecule has 2 aromatic rings. The molecule has 5 nitrogen and oxygen atoms in total. The van der Waals surface area contributed by atoms with E-state index in [9.17, 15) is 4.79 Å². The molecular formula is C23H28O5. The molecule has 0 saturated carbocycles. The van der Waals surface area contributed by atoms with E-state index in [0.717, 1.165) is 11.3 Å². The van der Waals surface area contributed by atoms with E-state index in [1.165, 1.54) is 6.08 Å². The molecule has 0 saturated heterocycles. The normalized spacial score (nSPS) is 10.7. The van der Waals surface area contributed by atoms with E-state index in [0.29, 0.717) is 49.2 Å². The molecule has 0 amide bonds. The number of para-hydroxylation sites is 1. The molecule has 0 N–H and O–H groups in total. The van der Waals surface area contributed by atoms with Crippen LogP contribution < -0.4 is 18.9 Å². The van der Waals surface area contributed by atoms with Crippen LogP contribution in [0.4, 0.5) is 0 Å². The maximum Gasteiger partial charge on any atom is 0.189 e. The van der Waals surface area contributed by atoms with Crippen molar-refractivity contribution in [1.82, 2.24) is 0 Å². The smallest absolute Gasteiger partial charge is 0.189 e. The fourth-order valence-corrected chi connectivity index (χ4v) is 2.73. The number of carbonyl (C=O) groups excluding carboxylic acids is 1. The Morgan fingerprint density at radius 1 is 0.821 bits per heavy atom. The van der Waals surface area contributed by atoms with Crippen LogP contribution in [0, 0.1) is 0 Å². The molecule has 0 heterocycles. The van der Waals surface area contributed by atoms with E-state index < -0.39 is 0 Å². The van der Waals surface area contributed by atoms with Crippen LogP contribution in [-0.4, -0.2) is 32.2 Å². The topological polar surface area (TPSA) is 54.0 Å². The fourth-order valence-electron chi connectivity index (χ4n) is 2.73. The van der Waals surface area contributed by atoms with Gasteiger partial charge in [-0.25, -0.2) is 0 Å². The highest BCUT2D eigenvalue weighted by Gasteiger charge is 2.15. The van der Waals surface area contributed by atoms with Gasteiger partial charge in [-0.2, -0.15) is 0 Å². The van der Waals surface area contributed by atoms with E-state index in [1.54, 1.807) is 24.3 Å². The summed E-state index contributed by atoms with van der Waals surface area (Å²) < 4.78 is 22.5. The van der Waals surface area contributed by atoms with Crippen molar-refractivity contribution in [2.45, 2.75) is 27.7 Å². The molecule has 0 aromatic heterocycles. The molecule has 0 spiro atoms. The monoisotopic (exact) mass is 384 g/mol. The molecule has 5 heteroatoms. The lowest BCUT2D eigenvalue weighted by Gasteiger charge is -2.13.